The summed E-state index contributed by atoms with van der Waals surface area (Å²) in [6.45, 7) is 1.81. The first-order valence-corrected chi connectivity index (χ1v) is 10.7. The Labute approximate surface area is 165 Å². The van der Waals surface area contributed by atoms with Crippen LogP contribution < -0.4 is 10.6 Å². The minimum absolute atomic E-state index is 0.0246. The number of carbonyl (C=O) groups excluding carboxylic acids is 3. The summed E-state index contributed by atoms with van der Waals surface area (Å²) in [5.74, 6) is -2.76. The molecule has 1 saturated heterocycles. The Hall–Kier alpha value is -2.46. The lowest BCUT2D eigenvalue weighted by molar-refractivity contribution is -0.147. The molecule has 3 amide bonds. The van der Waals surface area contributed by atoms with Crippen LogP contribution in [0, 0.1) is 0 Å². The number of amides is 3. The Balaban J connectivity index is 2.32. The summed E-state index contributed by atoms with van der Waals surface area (Å²) >= 11 is 0. The molecule has 0 spiro atoms. The molecule has 28 heavy (non-hydrogen) atoms. The monoisotopic (exact) mass is 410 g/mol. The number of hydrogen-bond acceptors (Lipinski definition) is 7. The molecule has 1 aromatic carbocycles. The van der Waals surface area contributed by atoms with Crippen LogP contribution in [0.2, 0.25) is 0 Å². The molecule has 0 bridgehead atoms. The van der Waals surface area contributed by atoms with Crippen molar-refractivity contribution in [2.24, 2.45) is 0 Å². The number of imide groups is 1. The van der Waals surface area contributed by atoms with Crippen LogP contribution in [0.25, 0.3) is 0 Å². The summed E-state index contributed by atoms with van der Waals surface area (Å²) in [4.78, 5) is 41.9. The van der Waals surface area contributed by atoms with E-state index in [1.54, 1.807) is 12.1 Å². The number of hydrogen-bond donors (Lipinski definition) is 1. The van der Waals surface area contributed by atoms with Crippen LogP contribution in [0.15, 0.2) is 24.3 Å². The second kappa shape index (κ2) is 8.70. The number of benzene rings is 1. The Bertz CT molecular complexity index is 868. The molecular formula is C18H26N4O5S. The molecule has 2 N–H and O–H groups in total. The Morgan fingerprint density at radius 2 is 1.82 bits per heavy atom. The number of rotatable bonds is 5. The van der Waals surface area contributed by atoms with Gasteiger partial charge in [-0.3, -0.25) is 14.4 Å². The zero-order chi connectivity index (χ0) is 21.1. The van der Waals surface area contributed by atoms with Crippen LogP contribution in [0.1, 0.15) is 13.3 Å². The van der Waals surface area contributed by atoms with E-state index in [4.69, 9.17) is 5.73 Å². The number of nitrogen functional groups attached to an aromatic ring is 1. The van der Waals surface area contributed by atoms with Gasteiger partial charge < -0.3 is 15.5 Å². The maximum absolute atomic E-state index is 13.0. The van der Waals surface area contributed by atoms with Gasteiger partial charge in [0, 0.05) is 31.7 Å². The van der Waals surface area contributed by atoms with Gasteiger partial charge in [-0.25, -0.2) is 13.3 Å². The molecule has 0 radical (unpaired) electrons. The van der Waals surface area contributed by atoms with Gasteiger partial charge >= 0.3 is 11.8 Å². The van der Waals surface area contributed by atoms with Crippen molar-refractivity contribution in [1.82, 2.24) is 9.80 Å². The fraction of sp³-hybridized carbons (Fsp3) is 0.500. The molecule has 1 aliphatic heterocycles. The second-order valence-electron chi connectivity index (χ2n) is 7.11. The van der Waals surface area contributed by atoms with E-state index >= 15 is 0 Å². The normalized spacial score (nSPS) is 18.1. The van der Waals surface area contributed by atoms with Crippen molar-refractivity contribution in [1.29, 1.82) is 0 Å². The summed E-state index contributed by atoms with van der Waals surface area (Å²) in [6.07, 6.45) is 0.271. The summed E-state index contributed by atoms with van der Waals surface area (Å²) in [5, 5.41) is 0. The molecule has 1 fully saturated rings. The minimum Gasteiger partial charge on any atom is -0.399 e. The number of nitrogens with zero attached hydrogens (tertiary/aromatic N) is 3. The first kappa shape index (κ1) is 21.8. The zero-order valence-electron chi connectivity index (χ0n) is 16.3. The average Bonchev–Trinajstić information content (AvgIpc) is 2.94. The Morgan fingerprint density at radius 1 is 1.14 bits per heavy atom. The zero-order valence-corrected chi connectivity index (χ0v) is 17.1. The van der Waals surface area contributed by atoms with Gasteiger partial charge in [0.25, 0.3) is 0 Å². The van der Waals surface area contributed by atoms with E-state index in [0.29, 0.717) is 12.2 Å². The number of carbonyl (C=O) groups is 3. The molecule has 9 nitrogen and oxygen atoms in total. The van der Waals surface area contributed by atoms with Crippen LogP contribution >= 0.6 is 0 Å². The summed E-state index contributed by atoms with van der Waals surface area (Å²) in [6, 6.07) is 5.52. The van der Waals surface area contributed by atoms with Crippen molar-refractivity contribution in [3.8, 4) is 0 Å². The van der Waals surface area contributed by atoms with E-state index in [2.05, 4.69) is 0 Å². The predicted octanol–water partition coefficient (Wildman–Crippen LogP) is -0.274. The largest absolute Gasteiger partial charge is 0.399 e. The van der Waals surface area contributed by atoms with E-state index in [9.17, 15) is 22.8 Å². The lowest BCUT2D eigenvalue weighted by atomic mass is 10.2. The lowest BCUT2D eigenvalue weighted by Gasteiger charge is -2.30. The molecule has 10 heteroatoms. The van der Waals surface area contributed by atoms with E-state index in [0.717, 1.165) is 4.90 Å². The van der Waals surface area contributed by atoms with E-state index in [1.165, 1.54) is 24.0 Å². The van der Waals surface area contributed by atoms with Crippen molar-refractivity contribution in [2.45, 2.75) is 19.4 Å². The fourth-order valence-corrected chi connectivity index (χ4v) is 4.83. The molecule has 1 heterocycles. The summed E-state index contributed by atoms with van der Waals surface area (Å²) in [5.41, 5.74) is 6.26. The first-order chi connectivity index (χ1) is 13.0. The van der Waals surface area contributed by atoms with Gasteiger partial charge in [-0.2, -0.15) is 0 Å². The van der Waals surface area contributed by atoms with Gasteiger partial charge in [0.1, 0.15) is 0 Å². The molecule has 0 aromatic heterocycles. The van der Waals surface area contributed by atoms with Crippen LogP contribution in [-0.2, 0) is 24.2 Å². The molecule has 1 atom stereocenters. The number of likely N-dealkylation sites (N-methyl/N-ethyl adjacent to an activating group) is 1. The highest BCUT2D eigenvalue weighted by Crippen LogP contribution is 2.21. The molecule has 1 unspecified atom stereocenters. The van der Waals surface area contributed by atoms with Crippen LogP contribution in [0.5, 0.6) is 0 Å². The highest BCUT2D eigenvalue weighted by atomic mass is 32.2. The predicted molar refractivity (Wildman–Crippen MR) is 106 cm³/mol. The third-order valence-corrected chi connectivity index (χ3v) is 6.28. The number of nitrogens with two attached hydrogens (primary N) is 1. The SMILES string of the molecule is CC(=O)N(C(=O)C(=O)N(CCN(C)C)C1CCS(=O)(=O)C1)c1cccc(N)c1. The smallest absolute Gasteiger partial charge is 0.323 e. The highest BCUT2D eigenvalue weighted by Gasteiger charge is 2.39. The van der Waals surface area contributed by atoms with Crippen molar-refractivity contribution >= 4 is 38.9 Å². The Kier molecular flexibility index (Phi) is 6.78. The molecule has 0 saturated carbocycles. The first-order valence-electron chi connectivity index (χ1n) is 8.88. The van der Waals surface area contributed by atoms with E-state index < -0.39 is 33.6 Å². The lowest BCUT2D eigenvalue weighted by Crippen LogP contribution is -2.52. The van der Waals surface area contributed by atoms with Crippen LogP contribution in [0.4, 0.5) is 11.4 Å². The summed E-state index contributed by atoms with van der Waals surface area (Å²) < 4.78 is 23.7. The maximum atomic E-state index is 13.0. The second-order valence-corrected chi connectivity index (χ2v) is 9.34. The topological polar surface area (TPSA) is 121 Å². The van der Waals surface area contributed by atoms with Crippen molar-refractivity contribution in [3.63, 3.8) is 0 Å². The highest BCUT2D eigenvalue weighted by molar-refractivity contribution is 7.91. The quantitative estimate of drug-likeness (QED) is 0.524. The molecule has 1 aliphatic rings. The van der Waals surface area contributed by atoms with Crippen LogP contribution in [0.3, 0.4) is 0 Å². The van der Waals surface area contributed by atoms with E-state index in [1.807, 2.05) is 19.0 Å². The standard InChI is InChI=1S/C18H26N4O5S/c1-13(23)22(15-6-4-5-14(19)11-15)18(25)17(24)21(9-8-20(2)3)16-7-10-28(26,27)12-16/h4-6,11,16H,7-10,12,19H2,1-3H3. The molecule has 0 aliphatic carbocycles. The van der Waals surface area contributed by atoms with Gasteiger partial charge in [-0.05, 0) is 38.7 Å². The van der Waals surface area contributed by atoms with Crippen molar-refractivity contribution in [2.75, 3.05) is 49.3 Å². The molecule has 154 valence electrons. The average molecular weight is 410 g/mol. The minimum atomic E-state index is -3.25. The van der Waals surface area contributed by atoms with Crippen LogP contribution in [-0.4, -0.2) is 80.7 Å². The molecule has 2 rings (SSSR count). The summed E-state index contributed by atoms with van der Waals surface area (Å²) in [7, 11) is 0.372. The van der Waals surface area contributed by atoms with Gasteiger partial charge in [0.15, 0.2) is 9.84 Å². The third kappa shape index (κ3) is 5.29. The van der Waals surface area contributed by atoms with Gasteiger partial charge in [-0.15, -0.1) is 0 Å². The Morgan fingerprint density at radius 3 is 2.32 bits per heavy atom. The third-order valence-electron chi connectivity index (χ3n) is 4.53. The van der Waals surface area contributed by atoms with E-state index in [-0.39, 0.29) is 30.2 Å². The van der Waals surface area contributed by atoms with Crippen molar-refractivity contribution in [3.05, 3.63) is 24.3 Å². The van der Waals surface area contributed by atoms with Crippen molar-refractivity contribution < 1.29 is 22.8 Å². The molecular weight excluding hydrogens is 384 g/mol. The maximum Gasteiger partial charge on any atom is 0.323 e. The van der Waals surface area contributed by atoms with Gasteiger partial charge in [-0.1, -0.05) is 6.07 Å². The molecule has 1 aromatic rings. The number of sulfone groups is 1. The van der Waals surface area contributed by atoms with Gasteiger partial charge in [0.2, 0.25) is 5.91 Å². The number of anilines is 2. The fourth-order valence-electron chi connectivity index (χ4n) is 3.10. The van der Waals surface area contributed by atoms with Gasteiger partial charge in [0.05, 0.1) is 17.2 Å².